The summed E-state index contributed by atoms with van der Waals surface area (Å²) in [7, 11) is 0. The Morgan fingerprint density at radius 2 is 1.90 bits per heavy atom. The fraction of sp³-hybridized carbons (Fsp3) is 0.625. The van der Waals surface area contributed by atoms with Crippen molar-refractivity contribution < 1.29 is 9.53 Å². The lowest BCUT2D eigenvalue weighted by molar-refractivity contribution is 0.128. The van der Waals surface area contributed by atoms with E-state index in [1.807, 2.05) is 17.1 Å². The zero-order valence-corrected chi connectivity index (χ0v) is 12.4. The summed E-state index contributed by atoms with van der Waals surface area (Å²) in [5.41, 5.74) is 3.84. The van der Waals surface area contributed by atoms with Crippen LogP contribution in [0.1, 0.15) is 56.6 Å². The molecular formula is C16H23N3O2. The third-order valence-electron chi connectivity index (χ3n) is 4.32. The van der Waals surface area contributed by atoms with Crippen molar-refractivity contribution >= 4 is 6.09 Å². The molecular weight excluding hydrogens is 266 g/mol. The lowest BCUT2D eigenvalue weighted by atomic mass is 10.0. The van der Waals surface area contributed by atoms with Crippen LogP contribution in [0.2, 0.25) is 0 Å². The van der Waals surface area contributed by atoms with E-state index in [4.69, 9.17) is 4.74 Å². The monoisotopic (exact) mass is 289 g/mol. The second-order valence-corrected chi connectivity index (χ2v) is 5.93. The van der Waals surface area contributed by atoms with E-state index in [2.05, 4.69) is 10.4 Å². The van der Waals surface area contributed by atoms with Gasteiger partial charge in [0.25, 0.3) is 0 Å². The van der Waals surface area contributed by atoms with Crippen LogP contribution in [0.25, 0.3) is 0 Å². The van der Waals surface area contributed by atoms with E-state index < -0.39 is 6.09 Å². The van der Waals surface area contributed by atoms with E-state index in [1.54, 1.807) is 6.07 Å². The van der Waals surface area contributed by atoms with Gasteiger partial charge < -0.3 is 4.74 Å². The minimum Gasteiger partial charge on any atom is -0.390 e. The van der Waals surface area contributed by atoms with Crippen LogP contribution in [-0.2, 0) is 0 Å². The van der Waals surface area contributed by atoms with Gasteiger partial charge in [-0.2, -0.15) is 0 Å². The molecule has 3 rings (SSSR count). The summed E-state index contributed by atoms with van der Waals surface area (Å²) >= 11 is 0. The fourth-order valence-electron chi connectivity index (χ4n) is 3.19. The Morgan fingerprint density at radius 1 is 1.14 bits per heavy atom. The summed E-state index contributed by atoms with van der Waals surface area (Å²) in [6, 6.07) is 5.70. The summed E-state index contributed by atoms with van der Waals surface area (Å²) < 4.78 is 5.31. The number of carbonyl (C=O) groups excluding carboxylic acids is 1. The van der Waals surface area contributed by atoms with E-state index in [-0.39, 0.29) is 0 Å². The molecule has 0 bridgehead atoms. The van der Waals surface area contributed by atoms with Gasteiger partial charge in [-0.25, -0.2) is 14.8 Å². The number of ether oxygens (including phenoxy) is 1. The number of hydrogen-bond acceptors (Lipinski definition) is 4. The van der Waals surface area contributed by atoms with Crippen molar-refractivity contribution in [3.8, 4) is 5.88 Å². The SMILES string of the molecule is O=C(NN1CCCCC1)Oc1cccc(C2CCCC2)n1. The maximum atomic E-state index is 11.9. The van der Waals surface area contributed by atoms with E-state index in [0.717, 1.165) is 31.6 Å². The van der Waals surface area contributed by atoms with Gasteiger partial charge in [-0.1, -0.05) is 25.3 Å². The third kappa shape index (κ3) is 3.94. The Kier molecular flexibility index (Phi) is 4.70. The second-order valence-electron chi connectivity index (χ2n) is 5.93. The highest BCUT2D eigenvalue weighted by Gasteiger charge is 2.19. The Hall–Kier alpha value is -1.62. The summed E-state index contributed by atoms with van der Waals surface area (Å²) in [5.74, 6) is 0.924. The number of nitrogens with one attached hydrogen (secondary N) is 1. The van der Waals surface area contributed by atoms with Crippen LogP contribution in [0.3, 0.4) is 0 Å². The summed E-state index contributed by atoms with van der Waals surface area (Å²) in [5, 5.41) is 1.92. The topological polar surface area (TPSA) is 54.5 Å². The Morgan fingerprint density at radius 3 is 2.67 bits per heavy atom. The molecule has 2 aliphatic rings. The molecule has 0 radical (unpaired) electrons. The average Bonchev–Trinajstić information content (AvgIpc) is 3.02. The molecule has 1 aliphatic carbocycles. The van der Waals surface area contributed by atoms with Crippen LogP contribution in [0, 0.1) is 0 Å². The highest BCUT2D eigenvalue weighted by molar-refractivity contribution is 5.69. The quantitative estimate of drug-likeness (QED) is 0.928. The number of carbonyl (C=O) groups is 1. The van der Waals surface area contributed by atoms with Gasteiger partial charge in [-0.3, -0.25) is 5.43 Å². The predicted molar refractivity (Wildman–Crippen MR) is 80.0 cm³/mol. The van der Waals surface area contributed by atoms with Crippen LogP contribution < -0.4 is 10.2 Å². The molecule has 2 fully saturated rings. The van der Waals surface area contributed by atoms with E-state index in [1.165, 1.54) is 32.1 Å². The maximum Gasteiger partial charge on any atom is 0.428 e. The molecule has 0 spiro atoms. The number of aromatic nitrogens is 1. The first-order chi connectivity index (χ1) is 10.3. The van der Waals surface area contributed by atoms with E-state index in [0.29, 0.717) is 11.8 Å². The molecule has 1 aliphatic heterocycles. The average molecular weight is 289 g/mol. The van der Waals surface area contributed by atoms with Crippen LogP contribution in [-0.4, -0.2) is 29.2 Å². The number of amides is 1. The van der Waals surface area contributed by atoms with Crippen molar-refractivity contribution in [1.82, 2.24) is 15.4 Å². The molecule has 1 amide bonds. The van der Waals surface area contributed by atoms with Crippen molar-refractivity contribution in [3.63, 3.8) is 0 Å². The Labute approximate surface area is 125 Å². The molecule has 21 heavy (non-hydrogen) atoms. The van der Waals surface area contributed by atoms with Crippen molar-refractivity contribution in [1.29, 1.82) is 0 Å². The van der Waals surface area contributed by atoms with E-state index >= 15 is 0 Å². The van der Waals surface area contributed by atoms with Gasteiger partial charge in [0.1, 0.15) is 0 Å². The van der Waals surface area contributed by atoms with Gasteiger partial charge in [0.05, 0.1) is 0 Å². The number of hydrazine groups is 1. The van der Waals surface area contributed by atoms with Crippen LogP contribution in [0.4, 0.5) is 4.79 Å². The highest BCUT2D eigenvalue weighted by Crippen LogP contribution is 2.33. The zero-order valence-electron chi connectivity index (χ0n) is 12.4. The van der Waals surface area contributed by atoms with Gasteiger partial charge in [0, 0.05) is 30.8 Å². The number of nitrogens with zero attached hydrogens (tertiary/aromatic N) is 2. The molecule has 1 aromatic heterocycles. The second kappa shape index (κ2) is 6.89. The van der Waals surface area contributed by atoms with Crippen molar-refractivity contribution in [2.24, 2.45) is 0 Å². The largest absolute Gasteiger partial charge is 0.428 e. The zero-order chi connectivity index (χ0) is 14.5. The molecule has 114 valence electrons. The lowest BCUT2D eigenvalue weighted by Crippen LogP contribution is -2.46. The maximum absolute atomic E-state index is 11.9. The molecule has 5 nitrogen and oxygen atoms in total. The predicted octanol–water partition coefficient (Wildman–Crippen LogP) is 3.23. The van der Waals surface area contributed by atoms with Crippen molar-refractivity contribution in [2.45, 2.75) is 50.9 Å². The van der Waals surface area contributed by atoms with Gasteiger partial charge in [-0.15, -0.1) is 0 Å². The third-order valence-corrected chi connectivity index (χ3v) is 4.32. The minimum absolute atomic E-state index is 0.397. The summed E-state index contributed by atoms with van der Waals surface area (Å²) in [4.78, 5) is 16.4. The molecule has 1 aromatic rings. The van der Waals surface area contributed by atoms with Crippen LogP contribution >= 0.6 is 0 Å². The van der Waals surface area contributed by atoms with Gasteiger partial charge in [0.2, 0.25) is 5.88 Å². The molecule has 1 saturated heterocycles. The normalized spacial score (nSPS) is 20.4. The standard InChI is InChI=1S/C16H23N3O2/c20-16(18-19-11-4-1-5-12-19)21-15-10-6-9-14(17-15)13-7-2-3-8-13/h6,9-10,13H,1-5,7-8,11-12H2,(H,18,20). The molecule has 0 unspecified atom stereocenters. The number of hydrogen-bond donors (Lipinski definition) is 1. The number of rotatable bonds is 3. The van der Waals surface area contributed by atoms with Gasteiger partial charge in [-0.05, 0) is 31.7 Å². The summed E-state index contributed by atoms with van der Waals surface area (Å²) in [6.45, 7) is 1.79. The molecule has 0 atom stereocenters. The molecule has 2 heterocycles. The lowest BCUT2D eigenvalue weighted by Gasteiger charge is -2.26. The molecule has 5 heteroatoms. The number of pyridine rings is 1. The first-order valence-corrected chi connectivity index (χ1v) is 8.01. The Balaban J connectivity index is 1.56. The van der Waals surface area contributed by atoms with Crippen molar-refractivity contribution in [3.05, 3.63) is 23.9 Å². The van der Waals surface area contributed by atoms with Gasteiger partial charge >= 0.3 is 6.09 Å². The van der Waals surface area contributed by atoms with Gasteiger partial charge in [0.15, 0.2) is 0 Å². The summed E-state index contributed by atoms with van der Waals surface area (Å²) in [6.07, 6.45) is 7.96. The molecule has 1 saturated carbocycles. The van der Waals surface area contributed by atoms with Crippen LogP contribution in [0.5, 0.6) is 5.88 Å². The molecule has 0 aromatic carbocycles. The van der Waals surface area contributed by atoms with Crippen LogP contribution in [0.15, 0.2) is 18.2 Å². The molecule has 1 N–H and O–H groups in total. The highest BCUT2D eigenvalue weighted by atomic mass is 16.6. The minimum atomic E-state index is -0.437. The number of piperidine rings is 1. The first-order valence-electron chi connectivity index (χ1n) is 8.01. The first kappa shape index (κ1) is 14.3. The van der Waals surface area contributed by atoms with E-state index in [9.17, 15) is 4.79 Å². The fourth-order valence-corrected chi connectivity index (χ4v) is 3.19. The van der Waals surface area contributed by atoms with Crippen molar-refractivity contribution in [2.75, 3.05) is 13.1 Å². The Bertz CT molecular complexity index is 480. The smallest absolute Gasteiger partial charge is 0.390 e.